The van der Waals surface area contributed by atoms with E-state index in [2.05, 4.69) is 48.1 Å². The van der Waals surface area contributed by atoms with Crippen molar-refractivity contribution in [2.24, 2.45) is 5.92 Å². The Morgan fingerprint density at radius 1 is 1.35 bits per heavy atom. The molecule has 2 heterocycles. The maximum atomic E-state index is 4.50. The third-order valence-corrected chi connectivity index (χ3v) is 5.18. The van der Waals surface area contributed by atoms with E-state index < -0.39 is 0 Å². The quantitative estimate of drug-likeness (QED) is 0.897. The molecule has 1 aliphatic carbocycles. The molecule has 1 N–H and O–H groups in total. The molecular weight excluding hydrogens is 246 g/mol. The molecule has 1 atom stereocenters. The van der Waals surface area contributed by atoms with Gasteiger partial charge in [0.05, 0.1) is 11.4 Å². The largest absolute Gasteiger partial charge is 0.364 e. The van der Waals surface area contributed by atoms with Gasteiger partial charge < -0.3 is 10.2 Å². The summed E-state index contributed by atoms with van der Waals surface area (Å²) < 4.78 is 0. The van der Waals surface area contributed by atoms with Gasteiger partial charge in [0, 0.05) is 30.9 Å². The molecule has 2 aliphatic rings. The number of aryl methyl sites for hydroxylation is 1. The maximum absolute atomic E-state index is 4.50. The average Bonchev–Trinajstić information content (AvgIpc) is 2.87. The Morgan fingerprint density at radius 2 is 2.10 bits per heavy atom. The van der Waals surface area contributed by atoms with Crippen molar-refractivity contribution in [3.63, 3.8) is 0 Å². The first kappa shape index (κ1) is 13.9. The van der Waals surface area contributed by atoms with Crippen molar-refractivity contribution in [2.45, 2.75) is 58.0 Å². The third kappa shape index (κ3) is 2.44. The predicted octanol–water partition coefficient (Wildman–Crippen LogP) is 3.14. The zero-order valence-electron chi connectivity index (χ0n) is 13.0. The minimum Gasteiger partial charge on any atom is -0.364 e. The van der Waals surface area contributed by atoms with Crippen molar-refractivity contribution in [1.29, 1.82) is 0 Å². The van der Waals surface area contributed by atoms with Gasteiger partial charge in [-0.25, -0.2) is 0 Å². The second-order valence-electron chi connectivity index (χ2n) is 6.92. The van der Waals surface area contributed by atoms with Crippen LogP contribution < -0.4 is 10.2 Å². The predicted molar refractivity (Wildman–Crippen MR) is 84.1 cm³/mol. The standard InChI is InChI=1S/C17H27N3/c1-13(2)16-11-19-17(8-4-5-9-17)12-20(16)15-7-6-10-18-14(15)3/h6-7,10,13,16,19H,4-5,8-9,11-12H2,1-3H3. The van der Waals surface area contributed by atoms with Crippen molar-refractivity contribution in [2.75, 3.05) is 18.0 Å². The summed E-state index contributed by atoms with van der Waals surface area (Å²) in [6, 6.07) is 4.89. The number of nitrogens with zero attached hydrogens (tertiary/aromatic N) is 2. The molecule has 3 nitrogen and oxygen atoms in total. The second-order valence-corrected chi connectivity index (χ2v) is 6.92. The summed E-state index contributed by atoms with van der Waals surface area (Å²) in [7, 11) is 0. The SMILES string of the molecule is Cc1ncccc1N1CC2(CCCC2)NCC1C(C)C. The number of aromatic nitrogens is 1. The van der Waals surface area contributed by atoms with E-state index in [0.29, 0.717) is 17.5 Å². The van der Waals surface area contributed by atoms with Crippen LogP contribution in [0, 0.1) is 12.8 Å². The lowest BCUT2D eigenvalue weighted by Gasteiger charge is -2.49. The van der Waals surface area contributed by atoms with Crippen molar-refractivity contribution in [1.82, 2.24) is 10.3 Å². The van der Waals surface area contributed by atoms with E-state index in [9.17, 15) is 0 Å². The lowest BCUT2D eigenvalue weighted by atomic mass is 9.88. The number of hydrogen-bond donors (Lipinski definition) is 1. The third-order valence-electron chi connectivity index (χ3n) is 5.18. The summed E-state index contributed by atoms with van der Waals surface area (Å²) in [6.07, 6.45) is 7.30. The van der Waals surface area contributed by atoms with Crippen LogP contribution in [-0.2, 0) is 0 Å². The maximum Gasteiger partial charge on any atom is 0.0605 e. The number of nitrogens with one attached hydrogen (secondary N) is 1. The number of rotatable bonds is 2. The lowest BCUT2D eigenvalue weighted by Crippen LogP contribution is -2.64. The zero-order chi connectivity index (χ0) is 14.2. The average molecular weight is 273 g/mol. The molecule has 1 saturated carbocycles. The van der Waals surface area contributed by atoms with Gasteiger partial charge in [-0.1, -0.05) is 26.7 Å². The second kappa shape index (κ2) is 5.36. The van der Waals surface area contributed by atoms with E-state index in [0.717, 1.165) is 18.8 Å². The normalized spacial score (nSPS) is 25.6. The highest BCUT2D eigenvalue weighted by Crippen LogP contribution is 2.36. The zero-order valence-corrected chi connectivity index (χ0v) is 13.0. The molecule has 3 rings (SSSR count). The fourth-order valence-electron chi connectivity index (χ4n) is 3.96. The van der Waals surface area contributed by atoms with E-state index in [1.807, 2.05) is 6.20 Å². The highest BCUT2D eigenvalue weighted by atomic mass is 15.3. The Kier molecular flexibility index (Phi) is 3.72. The smallest absolute Gasteiger partial charge is 0.0605 e. The Bertz CT molecular complexity index is 463. The first-order valence-electron chi connectivity index (χ1n) is 8.05. The van der Waals surface area contributed by atoms with Crippen molar-refractivity contribution >= 4 is 5.69 Å². The Hall–Kier alpha value is -1.09. The van der Waals surface area contributed by atoms with Crippen molar-refractivity contribution < 1.29 is 0 Å². The number of anilines is 1. The van der Waals surface area contributed by atoms with Crippen LogP contribution in [0.15, 0.2) is 18.3 Å². The molecule has 1 aliphatic heterocycles. The monoisotopic (exact) mass is 273 g/mol. The van der Waals surface area contributed by atoms with Crippen LogP contribution in [0.25, 0.3) is 0 Å². The van der Waals surface area contributed by atoms with Gasteiger partial charge in [0.15, 0.2) is 0 Å². The van der Waals surface area contributed by atoms with Crippen LogP contribution in [-0.4, -0.2) is 29.7 Å². The summed E-state index contributed by atoms with van der Waals surface area (Å²) in [6.45, 7) is 9.04. The van der Waals surface area contributed by atoms with E-state index >= 15 is 0 Å². The summed E-state index contributed by atoms with van der Waals surface area (Å²) in [5, 5.41) is 3.88. The van der Waals surface area contributed by atoms with Crippen LogP contribution in [0.5, 0.6) is 0 Å². The molecule has 0 amide bonds. The molecule has 1 saturated heterocycles. The van der Waals surface area contributed by atoms with E-state index in [-0.39, 0.29) is 0 Å². The molecule has 0 aromatic carbocycles. The van der Waals surface area contributed by atoms with Gasteiger partial charge in [-0.3, -0.25) is 4.98 Å². The van der Waals surface area contributed by atoms with Gasteiger partial charge in [-0.2, -0.15) is 0 Å². The number of piperazine rings is 1. The molecule has 3 heteroatoms. The van der Waals surface area contributed by atoms with Crippen LogP contribution in [0.2, 0.25) is 0 Å². The Labute approximate surface area is 122 Å². The Balaban J connectivity index is 1.92. The van der Waals surface area contributed by atoms with Gasteiger partial charge >= 0.3 is 0 Å². The van der Waals surface area contributed by atoms with Gasteiger partial charge in [0.2, 0.25) is 0 Å². The first-order valence-corrected chi connectivity index (χ1v) is 8.05. The molecule has 2 fully saturated rings. The summed E-state index contributed by atoms with van der Waals surface area (Å²) in [5.74, 6) is 0.654. The first-order chi connectivity index (χ1) is 9.61. The Morgan fingerprint density at radius 3 is 2.75 bits per heavy atom. The summed E-state index contributed by atoms with van der Waals surface area (Å²) in [4.78, 5) is 7.13. The fourth-order valence-corrected chi connectivity index (χ4v) is 3.96. The highest BCUT2D eigenvalue weighted by Gasteiger charge is 2.42. The molecule has 20 heavy (non-hydrogen) atoms. The minimum atomic E-state index is 0.355. The van der Waals surface area contributed by atoms with Crippen LogP contribution in [0.1, 0.15) is 45.2 Å². The van der Waals surface area contributed by atoms with Crippen LogP contribution in [0.3, 0.4) is 0 Å². The van der Waals surface area contributed by atoms with Crippen molar-refractivity contribution in [3.05, 3.63) is 24.0 Å². The molecule has 110 valence electrons. The van der Waals surface area contributed by atoms with Crippen molar-refractivity contribution in [3.8, 4) is 0 Å². The number of pyridine rings is 1. The summed E-state index contributed by atoms with van der Waals surface area (Å²) >= 11 is 0. The van der Waals surface area contributed by atoms with Crippen LogP contribution >= 0.6 is 0 Å². The molecule has 1 aromatic heterocycles. The van der Waals surface area contributed by atoms with Gasteiger partial charge in [0.25, 0.3) is 0 Å². The van der Waals surface area contributed by atoms with E-state index in [4.69, 9.17) is 0 Å². The number of hydrogen-bond acceptors (Lipinski definition) is 3. The summed E-state index contributed by atoms with van der Waals surface area (Å²) in [5.41, 5.74) is 2.85. The molecule has 1 spiro atoms. The minimum absolute atomic E-state index is 0.355. The molecule has 0 radical (unpaired) electrons. The lowest BCUT2D eigenvalue weighted by molar-refractivity contribution is 0.245. The highest BCUT2D eigenvalue weighted by molar-refractivity contribution is 5.52. The van der Waals surface area contributed by atoms with E-state index in [1.54, 1.807) is 0 Å². The van der Waals surface area contributed by atoms with Gasteiger partial charge in [-0.05, 0) is 37.8 Å². The van der Waals surface area contributed by atoms with Crippen LogP contribution in [0.4, 0.5) is 5.69 Å². The molecule has 1 aromatic rings. The molecular formula is C17H27N3. The topological polar surface area (TPSA) is 28.2 Å². The molecule has 0 bridgehead atoms. The van der Waals surface area contributed by atoms with Gasteiger partial charge in [0.1, 0.15) is 0 Å². The molecule has 1 unspecified atom stereocenters. The van der Waals surface area contributed by atoms with Gasteiger partial charge in [-0.15, -0.1) is 0 Å². The fraction of sp³-hybridized carbons (Fsp3) is 0.706. The van der Waals surface area contributed by atoms with E-state index in [1.165, 1.54) is 31.4 Å².